The van der Waals surface area contributed by atoms with Gasteiger partial charge in [-0.15, -0.1) is 0 Å². The summed E-state index contributed by atoms with van der Waals surface area (Å²) in [5.74, 6) is 0.351. The molecule has 2 amide bonds. The van der Waals surface area contributed by atoms with Gasteiger partial charge >= 0.3 is 0 Å². The zero-order chi connectivity index (χ0) is 17.3. The van der Waals surface area contributed by atoms with Crippen LogP contribution in [0.15, 0.2) is 56.3 Å². The zero-order valence-corrected chi connectivity index (χ0v) is 16.4. The number of para-hydroxylation sites is 1. The summed E-state index contributed by atoms with van der Waals surface area (Å²) in [6.45, 7) is 0. The van der Waals surface area contributed by atoms with Crippen molar-refractivity contribution in [2.45, 2.75) is 0 Å². The van der Waals surface area contributed by atoms with Crippen LogP contribution in [0.25, 0.3) is 6.08 Å². The van der Waals surface area contributed by atoms with E-state index in [1.807, 2.05) is 18.2 Å². The number of carbonyl (C=O) groups excluding carboxylic acids is 2. The Morgan fingerprint density at radius 3 is 2.29 bits per heavy atom. The molecule has 1 saturated heterocycles. The normalized spacial score (nSPS) is 16.1. The third-order valence-corrected chi connectivity index (χ3v) is 5.38. The molecule has 0 N–H and O–H groups in total. The highest BCUT2D eigenvalue weighted by Gasteiger charge is 2.36. The summed E-state index contributed by atoms with van der Waals surface area (Å²) < 4.78 is 6.78. The molecule has 1 aliphatic heterocycles. The molecule has 0 spiro atoms. The van der Waals surface area contributed by atoms with E-state index in [1.54, 1.807) is 37.5 Å². The predicted molar refractivity (Wildman–Crippen MR) is 103 cm³/mol. The molecule has 7 heteroatoms. The summed E-state index contributed by atoms with van der Waals surface area (Å²) in [5, 5.41) is -0.302. The van der Waals surface area contributed by atoms with E-state index in [1.165, 1.54) is 4.90 Å². The van der Waals surface area contributed by atoms with E-state index in [-0.39, 0.29) is 11.1 Å². The minimum absolute atomic E-state index is 0.302. The molecule has 2 aromatic carbocycles. The third kappa shape index (κ3) is 3.29. The van der Waals surface area contributed by atoms with Crippen LogP contribution in [0, 0.1) is 0 Å². The largest absolute Gasteiger partial charge is 0.494 e. The fourth-order valence-electron chi connectivity index (χ4n) is 2.28. The number of methoxy groups -OCH3 is 1. The summed E-state index contributed by atoms with van der Waals surface area (Å²) in [7, 11) is 1.58. The van der Waals surface area contributed by atoms with Crippen molar-refractivity contribution in [3.05, 3.63) is 61.9 Å². The lowest BCUT2D eigenvalue weighted by Gasteiger charge is -2.11. The standard InChI is InChI=1S/C17H11Br2NO3S/c1-23-15-12(18)7-10(8-13(15)19)9-14-16(21)20(17(22)24-14)11-5-3-2-4-6-11/h2-9H,1H3. The van der Waals surface area contributed by atoms with Gasteiger partial charge in [0.25, 0.3) is 11.1 Å². The Morgan fingerprint density at radius 1 is 1.08 bits per heavy atom. The van der Waals surface area contributed by atoms with E-state index >= 15 is 0 Å². The average Bonchev–Trinajstić information content (AvgIpc) is 2.82. The number of carbonyl (C=O) groups is 2. The Bertz CT molecular complexity index is 829. The van der Waals surface area contributed by atoms with Crippen molar-refractivity contribution in [1.29, 1.82) is 0 Å². The number of halogens is 2. The lowest BCUT2D eigenvalue weighted by Crippen LogP contribution is -2.27. The fraction of sp³-hybridized carbons (Fsp3) is 0.0588. The van der Waals surface area contributed by atoms with E-state index in [2.05, 4.69) is 31.9 Å². The van der Waals surface area contributed by atoms with Gasteiger partial charge in [0, 0.05) is 0 Å². The number of amides is 2. The number of ether oxygens (including phenoxy) is 1. The predicted octanol–water partition coefficient (Wildman–Crippen LogP) is 5.46. The number of hydrogen-bond acceptors (Lipinski definition) is 4. The topological polar surface area (TPSA) is 46.6 Å². The molecule has 2 aromatic rings. The van der Waals surface area contributed by atoms with Gasteiger partial charge in [-0.1, -0.05) is 18.2 Å². The highest BCUT2D eigenvalue weighted by Crippen LogP contribution is 2.38. The smallest absolute Gasteiger partial charge is 0.298 e. The maximum absolute atomic E-state index is 12.6. The molecule has 0 aliphatic carbocycles. The van der Waals surface area contributed by atoms with Crippen LogP contribution in [0.1, 0.15) is 5.56 Å². The van der Waals surface area contributed by atoms with Crippen molar-refractivity contribution in [3.63, 3.8) is 0 Å². The number of anilines is 1. The monoisotopic (exact) mass is 467 g/mol. The summed E-state index contributed by atoms with van der Waals surface area (Å²) in [4.78, 5) is 26.4. The summed E-state index contributed by atoms with van der Waals surface area (Å²) >= 11 is 7.79. The SMILES string of the molecule is COc1c(Br)cc(C=C2SC(=O)N(c3ccccc3)C2=O)cc1Br. The second kappa shape index (κ2) is 7.13. The van der Waals surface area contributed by atoms with Crippen LogP contribution in [0.5, 0.6) is 5.75 Å². The number of benzene rings is 2. The van der Waals surface area contributed by atoms with Gasteiger partial charge in [0.2, 0.25) is 0 Å². The number of thioether (sulfide) groups is 1. The lowest BCUT2D eigenvalue weighted by atomic mass is 10.2. The fourth-order valence-corrected chi connectivity index (χ4v) is 4.66. The summed E-state index contributed by atoms with van der Waals surface area (Å²) in [6, 6.07) is 12.6. The van der Waals surface area contributed by atoms with E-state index in [0.29, 0.717) is 16.3 Å². The maximum atomic E-state index is 12.6. The molecule has 1 heterocycles. The van der Waals surface area contributed by atoms with Crippen LogP contribution < -0.4 is 9.64 Å². The van der Waals surface area contributed by atoms with Crippen LogP contribution >= 0.6 is 43.6 Å². The van der Waals surface area contributed by atoms with Crippen LogP contribution in [0.3, 0.4) is 0 Å². The molecule has 0 atom stereocenters. The van der Waals surface area contributed by atoms with Crippen molar-refractivity contribution in [1.82, 2.24) is 0 Å². The first-order valence-corrected chi connectivity index (χ1v) is 9.27. The Labute approximate surface area is 160 Å². The molecule has 0 aromatic heterocycles. The maximum Gasteiger partial charge on any atom is 0.298 e. The van der Waals surface area contributed by atoms with Crippen molar-refractivity contribution < 1.29 is 14.3 Å². The molecule has 0 bridgehead atoms. The Balaban J connectivity index is 1.95. The summed E-state index contributed by atoms with van der Waals surface area (Å²) in [5.41, 5.74) is 1.36. The van der Waals surface area contributed by atoms with E-state index in [9.17, 15) is 9.59 Å². The van der Waals surface area contributed by atoms with Crippen molar-refractivity contribution in [3.8, 4) is 5.75 Å². The molecule has 0 radical (unpaired) electrons. The molecule has 1 aliphatic rings. The second-order valence-electron chi connectivity index (χ2n) is 4.87. The van der Waals surface area contributed by atoms with Gasteiger partial charge in [-0.2, -0.15) is 0 Å². The van der Waals surface area contributed by atoms with Crippen LogP contribution in [0.4, 0.5) is 10.5 Å². The number of hydrogen-bond donors (Lipinski definition) is 0. The molecule has 0 unspecified atom stereocenters. The lowest BCUT2D eigenvalue weighted by molar-refractivity contribution is -0.113. The first kappa shape index (κ1) is 17.3. The third-order valence-electron chi connectivity index (χ3n) is 3.33. The minimum atomic E-state index is -0.320. The molecular formula is C17H11Br2NO3S. The van der Waals surface area contributed by atoms with Crippen molar-refractivity contribution in [2.24, 2.45) is 0 Å². The van der Waals surface area contributed by atoms with E-state index in [4.69, 9.17) is 4.74 Å². The molecule has 3 rings (SSSR count). The molecule has 122 valence electrons. The number of imide groups is 1. The van der Waals surface area contributed by atoms with Gasteiger partial charge < -0.3 is 4.74 Å². The molecule has 4 nitrogen and oxygen atoms in total. The molecule has 1 fully saturated rings. The van der Waals surface area contributed by atoms with Gasteiger partial charge in [-0.3, -0.25) is 9.59 Å². The highest BCUT2D eigenvalue weighted by molar-refractivity contribution is 9.11. The van der Waals surface area contributed by atoms with Gasteiger partial charge in [0.05, 0.1) is 26.6 Å². The van der Waals surface area contributed by atoms with E-state index in [0.717, 1.165) is 26.3 Å². The van der Waals surface area contributed by atoms with Crippen LogP contribution in [-0.2, 0) is 4.79 Å². The Kier molecular flexibility index (Phi) is 5.12. The highest BCUT2D eigenvalue weighted by atomic mass is 79.9. The first-order chi connectivity index (χ1) is 11.5. The first-order valence-electron chi connectivity index (χ1n) is 6.87. The van der Waals surface area contributed by atoms with Crippen LogP contribution in [-0.4, -0.2) is 18.3 Å². The van der Waals surface area contributed by atoms with Gasteiger partial charge in [0.1, 0.15) is 5.75 Å². The summed E-state index contributed by atoms with van der Waals surface area (Å²) in [6.07, 6.45) is 1.70. The zero-order valence-electron chi connectivity index (χ0n) is 12.5. The van der Waals surface area contributed by atoms with E-state index < -0.39 is 0 Å². The van der Waals surface area contributed by atoms with Crippen molar-refractivity contribution >= 4 is 66.5 Å². The number of nitrogens with zero attached hydrogens (tertiary/aromatic N) is 1. The number of rotatable bonds is 3. The molecule has 24 heavy (non-hydrogen) atoms. The average molecular weight is 469 g/mol. The quantitative estimate of drug-likeness (QED) is 0.561. The van der Waals surface area contributed by atoms with Crippen LogP contribution in [0.2, 0.25) is 0 Å². The Hall–Kier alpha value is -1.57. The van der Waals surface area contributed by atoms with Crippen molar-refractivity contribution in [2.75, 3.05) is 12.0 Å². The van der Waals surface area contributed by atoms with Gasteiger partial charge in [-0.05, 0) is 79.5 Å². The van der Waals surface area contributed by atoms with Gasteiger partial charge in [-0.25, -0.2) is 4.90 Å². The molecule has 0 saturated carbocycles. The second-order valence-corrected chi connectivity index (χ2v) is 7.57. The minimum Gasteiger partial charge on any atom is -0.494 e. The van der Waals surface area contributed by atoms with Gasteiger partial charge in [0.15, 0.2) is 0 Å². The molecular weight excluding hydrogens is 458 g/mol. The Morgan fingerprint density at radius 2 is 1.71 bits per heavy atom.